The highest BCUT2D eigenvalue weighted by atomic mass is 16.5. The zero-order chi connectivity index (χ0) is 17.7. The molecule has 0 spiro atoms. The van der Waals surface area contributed by atoms with E-state index in [2.05, 4.69) is 11.3 Å². The first-order chi connectivity index (χ1) is 11.5. The van der Waals surface area contributed by atoms with Gasteiger partial charge in [-0.3, -0.25) is 9.59 Å². The van der Waals surface area contributed by atoms with E-state index < -0.39 is 23.6 Å². The minimum absolute atomic E-state index is 0.0899. The lowest BCUT2D eigenvalue weighted by Gasteiger charge is -2.16. The van der Waals surface area contributed by atoms with Crippen molar-refractivity contribution in [1.29, 1.82) is 0 Å². The summed E-state index contributed by atoms with van der Waals surface area (Å²) in [5.41, 5.74) is 0.0880. The number of ether oxygens (including phenoxy) is 2. The zero-order valence-electron chi connectivity index (χ0n) is 13.6. The smallest absolute Gasteiger partial charge is 0.334 e. The van der Waals surface area contributed by atoms with Gasteiger partial charge in [0.2, 0.25) is 0 Å². The maximum absolute atomic E-state index is 13.0. The lowest BCUT2D eigenvalue weighted by molar-refractivity contribution is -0.147. The number of benzene rings is 2. The third-order valence-corrected chi connectivity index (χ3v) is 3.64. The maximum atomic E-state index is 13.0. The van der Waals surface area contributed by atoms with E-state index in [1.165, 1.54) is 0 Å². The molecule has 0 saturated carbocycles. The molecule has 2 aromatic rings. The van der Waals surface area contributed by atoms with Gasteiger partial charge in [0.25, 0.3) is 0 Å². The minimum Gasteiger partial charge on any atom is -0.466 e. The van der Waals surface area contributed by atoms with Gasteiger partial charge in [0.15, 0.2) is 11.7 Å². The normalized spacial score (nSPS) is 11.6. The molecule has 0 amide bonds. The average molecular weight is 326 g/mol. The molecule has 124 valence electrons. The molecular weight excluding hydrogens is 308 g/mol. The Labute approximate surface area is 139 Å². The first-order valence-electron chi connectivity index (χ1n) is 7.47. The number of methoxy groups -OCH3 is 1. The van der Waals surface area contributed by atoms with Gasteiger partial charge in [-0.1, -0.05) is 49.0 Å². The topological polar surface area (TPSA) is 69.7 Å². The summed E-state index contributed by atoms with van der Waals surface area (Å²) in [7, 11) is 1.16. The number of esters is 2. The van der Waals surface area contributed by atoms with E-state index in [0.717, 1.165) is 12.5 Å². The lowest BCUT2D eigenvalue weighted by Crippen LogP contribution is -2.31. The molecule has 0 aliphatic heterocycles. The molecule has 0 saturated heterocycles. The van der Waals surface area contributed by atoms with Gasteiger partial charge in [-0.25, -0.2) is 4.79 Å². The van der Waals surface area contributed by atoms with Crippen molar-refractivity contribution in [1.82, 2.24) is 0 Å². The fourth-order valence-electron chi connectivity index (χ4n) is 2.48. The van der Waals surface area contributed by atoms with Crippen LogP contribution in [0.5, 0.6) is 0 Å². The third-order valence-electron chi connectivity index (χ3n) is 3.64. The molecular formula is C19H18O5. The molecule has 0 radical (unpaired) electrons. The minimum atomic E-state index is -1.43. The Morgan fingerprint density at radius 3 is 2.42 bits per heavy atom. The molecule has 1 unspecified atom stereocenters. The van der Waals surface area contributed by atoms with E-state index in [0.29, 0.717) is 10.9 Å². The molecule has 5 nitrogen and oxygen atoms in total. The van der Waals surface area contributed by atoms with E-state index in [4.69, 9.17) is 4.74 Å². The number of rotatable bonds is 6. The molecule has 5 heteroatoms. The molecule has 0 aromatic heterocycles. The summed E-state index contributed by atoms with van der Waals surface area (Å²) < 4.78 is 9.54. The molecule has 0 N–H and O–H groups in total. The summed E-state index contributed by atoms with van der Waals surface area (Å²) >= 11 is 0. The van der Waals surface area contributed by atoms with Gasteiger partial charge in [0, 0.05) is 5.56 Å². The number of ketones is 1. The summed E-state index contributed by atoms with van der Waals surface area (Å²) in [6.45, 7) is 5.27. The third kappa shape index (κ3) is 3.35. The molecule has 0 heterocycles. The Morgan fingerprint density at radius 1 is 1.08 bits per heavy atom. The molecule has 0 bridgehead atoms. The monoisotopic (exact) mass is 326 g/mol. The van der Waals surface area contributed by atoms with Gasteiger partial charge in [-0.2, -0.15) is 0 Å². The number of hydrogen-bond acceptors (Lipinski definition) is 5. The number of carbonyl (C=O) groups is 3. The standard InChI is InChI=1S/C19H18O5/c1-4-24-19(22)16(12(2)18(21)23-3)17(20)15-11-7-9-13-8-5-6-10-14(13)15/h5-11,16H,2,4H2,1,3H3. The predicted molar refractivity (Wildman–Crippen MR) is 89.6 cm³/mol. The van der Waals surface area contributed by atoms with Crippen LogP contribution in [0.15, 0.2) is 54.6 Å². The van der Waals surface area contributed by atoms with Crippen molar-refractivity contribution >= 4 is 28.5 Å². The zero-order valence-corrected chi connectivity index (χ0v) is 13.6. The van der Waals surface area contributed by atoms with Crippen molar-refractivity contribution in [3.05, 3.63) is 60.2 Å². The lowest BCUT2D eigenvalue weighted by atomic mass is 9.89. The fourth-order valence-corrected chi connectivity index (χ4v) is 2.48. The number of hydrogen-bond donors (Lipinski definition) is 0. The van der Waals surface area contributed by atoms with Crippen LogP contribution in [-0.2, 0) is 19.1 Å². The Kier molecular flexibility index (Phi) is 5.47. The maximum Gasteiger partial charge on any atom is 0.334 e. The molecule has 2 rings (SSSR count). The van der Waals surface area contributed by atoms with Crippen molar-refractivity contribution in [3.63, 3.8) is 0 Å². The highest BCUT2D eigenvalue weighted by Gasteiger charge is 2.36. The van der Waals surface area contributed by atoms with E-state index in [1.54, 1.807) is 31.2 Å². The summed E-state index contributed by atoms with van der Waals surface area (Å²) in [5, 5.41) is 1.55. The molecule has 0 aliphatic carbocycles. The Balaban J connectivity index is 2.52. The van der Waals surface area contributed by atoms with Crippen molar-refractivity contribution in [3.8, 4) is 0 Å². The Hall–Kier alpha value is -2.95. The Bertz CT molecular complexity index is 801. The van der Waals surface area contributed by atoms with E-state index in [1.807, 2.05) is 18.2 Å². The molecule has 1 atom stereocenters. The van der Waals surface area contributed by atoms with Crippen LogP contribution in [0.1, 0.15) is 17.3 Å². The van der Waals surface area contributed by atoms with Gasteiger partial charge >= 0.3 is 11.9 Å². The first kappa shape index (κ1) is 17.4. The number of fused-ring (bicyclic) bond motifs is 1. The highest BCUT2D eigenvalue weighted by Crippen LogP contribution is 2.25. The van der Waals surface area contributed by atoms with Crippen LogP contribution in [0.3, 0.4) is 0 Å². The highest BCUT2D eigenvalue weighted by molar-refractivity contribution is 6.19. The van der Waals surface area contributed by atoms with Crippen LogP contribution in [0.4, 0.5) is 0 Å². The Morgan fingerprint density at radius 2 is 1.75 bits per heavy atom. The first-order valence-corrected chi connectivity index (χ1v) is 7.47. The molecule has 2 aromatic carbocycles. The van der Waals surface area contributed by atoms with Crippen LogP contribution in [0.25, 0.3) is 10.8 Å². The van der Waals surface area contributed by atoms with E-state index >= 15 is 0 Å². The summed E-state index contributed by atoms with van der Waals surface area (Å²) in [6.07, 6.45) is 0. The quantitative estimate of drug-likeness (QED) is 0.353. The van der Waals surface area contributed by atoms with Crippen LogP contribution >= 0.6 is 0 Å². The van der Waals surface area contributed by atoms with E-state index in [-0.39, 0.29) is 12.2 Å². The van der Waals surface area contributed by atoms with Crippen molar-refractivity contribution in [2.24, 2.45) is 5.92 Å². The molecule has 0 aliphatic rings. The summed E-state index contributed by atoms with van der Waals surface area (Å²) in [6, 6.07) is 12.5. The van der Waals surface area contributed by atoms with Gasteiger partial charge < -0.3 is 9.47 Å². The molecule has 0 fully saturated rings. The number of carbonyl (C=O) groups excluding carboxylic acids is 3. The van der Waals surface area contributed by atoms with Gasteiger partial charge in [0.1, 0.15) is 0 Å². The van der Waals surface area contributed by atoms with Gasteiger partial charge in [-0.15, -0.1) is 0 Å². The average Bonchev–Trinajstić information content (AvgIpc) is 2.60. The second-order valence-corrected chi connectivity index (χ2v) is 5.09. The van der Waals surface area contributed by atoms with Crippen molar-refractivity contribution in [2.75, 3.05) is 13.7 Å². The predicted octanol–water partition coefficient (Wildman–Crippen LogP) is 2.93. The fraction of sp³-hybridized carbons (Fsp3) is 0.211. The van der Waals surface area contributed by atoms with Crippen LogP contribution in [-0.4, -0.2) is 31.4 Å². The van der Waals surface area contributed by atoms with Crippen LogP contribution < -0.4 is 0 Å². The van der Waals surface area contributed by atoms with E-state index in [9.17, 15) is 14.4 Å². The van der Waals surface area contributed by atoms with Gasteiger partial charge in [0.05, 0.1) is 19.3 Å². The van der Waals surface area contributed by atoms with Crippen LogP contribution in [0, 0.1) is 5.92 Å². The largest absolute Gasteiger partial charge is 0.466 e. The summed E-state index contributed by atoms with van der Waals surface area (Å²) in [4.78, 5) is 37.0. The second-order valence-electron chi connectivity index (χ2n) is 5.09. The van der Waals surface area contributed by atoms with Crippen molar-refractivity contribution < 1.29 is 23.9 Å². The number of Topliss-reactive ketones (excluding diaryl/α,β-unsaturated/α-hetero) is 1. The van der Waals surface area contributed by atoms with Crippen molar-refractivity contribution in [2.45, 2.75) is 6.92 Å². The molecule has 24 heavy (non-hydrogen) atoms. The second kappa shape index (κ2) is 7.55. The van der Waals surface area contributed by atoms with Crippen LogP contribution in [0.2, 0.25) is 0 Å². The SMILES string of the molecule is C=C(C(=O)OC)C(C(=O)OCC)C(=O)c1cccc2ccccc12. The summed E-state index contributed by atoms with van der Waals surface area (Å²) in [5.74, 6) is -3.60. The van der Waals surface area contributed by atoms with Gasteiger partial charge in [-0.05, 0) is 17.7 Å².